The molecule has 0 aliphatic heterocycles. The average Bonchev–Trinajstić information content (AvgIpc) is 2.22. The zero-order chi connectivity index (χ0) is 10.4. The fraction of sp³-hybridized carbons (Fsp3) is 0. The Morgan fingerprint density at radius 1 is 1.57 bits per heavy atom. The highest BCUT2D eigenvalue weighted by molar-refractivity contribution is 6.00. The lowest BCUT2D eigenvalue weighted by Gasteiger charge is -1.98. The first-order chi connectivity index (χ1) is 6.76. The first-order valence-electron chi connectivity index (χ1n) is 3.80. The van der Waals surface area contributed by atoms with Crippen LogP contribution in [0.1, 0.15) is 0 Å². The van der Waals surface area contributed by atoms with Gasteiger partial charge in [-0.15, -0.1) is 0 Å². The number of hydrogen-bond donors (Lipinski definition) is 2. The van der Waals surface area contributed by atoms with E-state index in [1.165, 1.54) is 18.3 Å². The number of pyridine rings is 1. The molecular weight excluding hydrogens is 185 g/mol. The molecule has 0 amide bonds. The van der Waals surface area contributed by atoms with E-state index in [9.17, 15) is 9.18 Å². The van der Waals surface area contributed by atoms with Crippen molar-refractivity contribution >= 4 is 18.3 Å². The summed E-state index contributed by atoms with van der Waals surface area (Å²) in [4.78, 5) is 14.0. The van der Waals surface area contributed by atoms with Gasteiger partial charge in [-0.25, -0.2) is 9.37 Å². The van der Waals surface area contributed by atoms with Gasteiger partial charge in [0, 0.05) is 18.0 Å². The number of allylic oxidation sites excluding steroid dienone is 1. The summed E-state index contributed by atoms with van der Waals surface area (Å²) in [6, 6.07) is 2.67. The Morgan fingerprint density at radius 2 is 2.36 bits per heavy atom. The predicted molar refractivity (Wildman–Crippen MR) is 50.7 cm³/mol. The van der Waals surface area contributed by atoms with E-state index in [0.717, 1.165) is 12.4 Å². The summed E-state index contributed by atoms with van der Waals surface area (Å²) in [7, 11) is 0. The maximum atomic E-state index is 12.4. The summed E-state index contributed by atoms with van der Waals surface area (Å²) >= 11 is 0. The molecule has 0 saturated heterocycles. The molecule has 72 valence electrons. The summed E-state index contributed by atoms with van der Waals surface area (Å²) in [6.07, 6.45) is 3.81. The maximum absolute atomic E-state index is 12.4. The van der Waals surface area contributed by atoms with Crippen LogP contribution in [0, 0.1) is 11.2 Å². The van der Waals surface area contributed by atoms with Gasteiger partial charge in [-0.1, -0.05) is 0 Å². The third kappa shape index (κ3) is 2.78. The van der Waals surface area contributed by atoms with Crippen molar-refractivity contribution in [2.24, 2.45) is 0 Å². The molecule has 1 heterocycles. The SMILES string of the molecule is N=C/C(C=O)=C\Nc1ccc(F)cn1. The molecule has 0 unspecified atom stereocenters. The van der Waals surface area contributed by atoms with Crippen molar-refractivity contribution in [3.05, 3.63) is 35.9 Å². The number of carbonyl (C=O) groups excluding carboxylic acids is 1. The van der Waals surface area contributed by atoms with Crippen LogP contribution < -0.4 is 5.32 Å². The first-order valence-corrected chi connectivity index (χ1v) is 3.80. The minimum Gasteiger partial charge on any atom is -0.346 e. The van der Waals surface area contributed by atoms with E-state index >= 15 is 0 Å². The van der Waals surface area contributed by atoms with Crippen LogP contribution in [0.2, 0.25) is 0 Å². The summed E-state index contributed by atoms with van der Waals surface area (Å²) in [6.45, 7) is 0. The van der Waals surface area contributed by atoms with E-state index in [1.54, 1.807) is 0 Å². The quantitative estimate of drug-likeness (QED) is 0.431. The van der Waals surface area contributed by atoms with E-state index in [1.807, 2.05) is 0 Å². The molecule has 0 saturated carbocycles. The van der Waals surface area contributed by atoms with Crippen molar-refractivity contribution in [2.75, 3.05) is 5.32 Å². The van der Waals surface area contributed by atoms with Crippen molar-refractivity contribution in [1.29, 1.82) is 5.41 Å². The van der Waals surface area contributed by atoms with Crippen LogP contribution in [0.25, 0.3) is 0 Å². The Morgan fingerprint density at radius 3 is 2.86 bits per heavy atom. The number of nitrogens with zero attached hydrogens (tertiary/aromatic N) is 1. The Hall–Kier alpha value is -2.04. The molecule has 0 aliphatic rings. The Kier molecular flexibility index (Phi) is 3.49. The molecule has 0 aromatic carbocycles. The standard InChI is InChI=1S/C9H8FN3O/c10-8-1-2-9(13-5-8)12-4-7(3-11)6-14/h1-6,11H,(H,12,13)/b7-4+,11-3?. The summed E-state index contributed by atoms with van der Waals surface area (Å²) in [5, 5.41) is 9.47. The van der Waals surface area contributed by atoms with Gasteiger partial charge in [-0.3, -0.25) is 4.79 Å². The van der Waals surface area contributed by atoms with Crippen molar-refractivity contribution < 1.29 is 9.18 Å². The van der Waals surface area contributed by atoms with Gasteiger partial charge in [0.05, 0.1) is 6.20 Å². The van der Waals surface area contributed by atoms with Gasteiger partial charge in [-0.2, -0.15) is 0 Å². The van der Waals surface area contributed by atoms with Crippen LogP contribution in [0.3, 0.4) is 0 Å². The summed E-state index contributed by atoms with van der Waals surface area (Å²) in [5.41, 5.74) is 0.177. The van der Waals surface area contributed by atoms with Crippen molar-refractivity contribution in [2.45, 2.75) is 0 Å². The third-order valence-corrected chi connectivity index (χ3v) is 1.42. The number of carbonyl (C=O) groups is 1. The summed E-state index contributed by atoms with van der Waals surface area (Å²) < 4.78 is 12.4. The molecule has 4 nitrogen and oxygen atoms in total. The lowest BCUT2D eigenvalue weighted by Crippen LogP contribution is -1.95. The number of hydrogen-bond acceptors (Lipinski definition) is 4. The number of halogens is 1. The zero-order valence-corrected chi connectivity index (χ0v) is 7.20. The molecule has 1 rings (SSSR count). The highest BCUT2D eigenvalue weighted by atomic mass is 19.1. The van der Waals surface area contributed by atoms with Gasteiger partial charge in [0.1, 0.15) is 11.6 Å². The maximum Gasteiger partial charge on any atom is 0.153 e. The fourth-order valence-corrected chi connectivity index (χ4v) is 0.728. The van der Waals surface area contributed by atoms with Gasteiger partial charge in [0.25, 0.3) is 0 Å². The number of anilines is 1. The molecule has 0 spiro atoms. The molecule has 14 heavy (non-hydrogen) atoms. The molecule has 0 bridgehead atoms. The van der Waals surface area contributed by atoms with Crippen LogP contribution in [-0.4, -0.2) is 17.5 Å². The number of aldehydes is 1. The minimum atomic E-state index is -0.429. The van der Waals surface area contributed by atoms with Crippen LogP contribution in [0.4, 0.5) is 10.2 Å². The second-order valence-electron chi connectivity index (χ2n) is 2.41. The topological polar surface area (TPSA) is 65.8 Å². The normalized spacial score (nSPS) is 10.8. The first kappa shape index (κ1) is 10.0. The van der Waals surface area contributed by atoms with Gasteiger partial charge < -0.3 is 10.7 Å². The summed E-state index contributed by atoms with van der Waals surface area (Å²) in [5.74, 6) is -0.0187. The van der Waals surface area contributed by atoms with Gasteiger partial charge in [0.2, 0.25) is 0 Å². The minimum absolute atomic E-state index is 0.177. The molecule has 0 aliphatic carbocycles. The second kappa shape index (κ2) is 4.86. The van der Waals surface area contributed by atoms with E-state index in [-0.39, 0.29) is 5.57 Å². The third-order valence-electron chi connectivity index (χ3n) is 1.42. The molecule has 1 aromatic heterocycles. The van der Waals surface area contributed by atoms with Gasteiger partial charge in [-0.05, 0) is 12.1 Å². The van der Waals surface area contributed by atoms with Crippen molar-refractivity contribution in [3.63, 3.8) is 0 Å². The smallest absolute Gasteiger partial charge is 0.153 e. The molecular formula is C9H8FN3O. The second-order valence-corrected chi connectivity index (χ2v) is 2.41. The zero-order valence-electron chi connectivity index (χ0n) is 7.20. The Labute approximate surface area is 80.0 Å². The van der Waals surface area contributed by atoms with Crippen LogP contribution >= 0.6 is 0 Å². The van der Waals surface area contributed by atoms with Crippen LogP contribution in [0.5, 0.6) is 0 Å². The van der Waals surface area contributed by atoms with E-state index in [4.69, 9.17) is 5.41 Å². The number of rotatable bonds is 4. The largest absolute Gasteiger partial charge is 0.346 e. The molecule has 2 N–H and O–H groups in total. The van der Waals surface area contributed by atoms with Crippen molar-refractivity contribution in [3.8, 4) is 0 Å². The van der Waals surface area contributed by atoms with Gasteiger partial charge in [0.15, 0.2) is 6.29 Å². The molecule has 5 heteroatoms. The molecule has 0 atom stereocenters. The number of nitrogens with one attached hydrogen (secondary N) is 2. The van der Waals surface area contributed by atoms with E-state index in [0.29, 0.717) is 12.1 Å². The van der Waals surface area contributed by atoms with Crippen LogP contribution in [-0.2, 0) is 4.79 Å². The van der Waals surface area contributed by atoms with E-state index in [2.05, 4.69) is 10.3 Å². The Bertz CT molecular complexity index is 349. The van der Waals surface area contributed by atoms with Crippen molar-refractivity contribution in [1.82, 2.24) is 4.98 Å². The van der Waals surface area contributed by atoms with E-state index < -0.39 is 5.82 Å². The molecule has 0 fully saturated rings. The highest BCUT2D eigenvalue weighted by Crippen LogP contribution is 2.03. The lowest BCUT2D eigenvalue weighted by atomic mass is 10.3. The molecule has 1 aromatic rings. The monoisotopic (exact) mass is 193 g/mol. The van der Waals surface area contributed by atoms with Crippen LogP contribution in [0.15, 0.2) is 30.1 Å². The average molecular weight is 193 g/mol. The molecule has 0 radical (unpaired) electrons. The lowest BCUT2D eigenvalue weighted by molar-refractivity contribution is -0.104. The predicted octanol–water partition coefficient (Wildman–Crippen LogP) is 1.36. The fourth-order valence-electron chi connectivity index (χ4n) is 0.728. The Balaban J connectivity index is 2.69. The number of aromatic nitrogens is 1. The van der Waals surface area contributed by atoms with Gasteiger partial charge >= 0.3 is 0 Å². The highest BCUT2D eigenvalue weighted by Gasteiger charge is 1.93.